The highest BCUT2D eigenvalue weighted by atomic mass is 15.0. The van der Waals surface area contributed by atoms with Crippen LogP contribution in [0.3, 0.4) is 0 Å². The molecule has 3 N–H and O–H groups in total. The lowest BCUT2D eigenvalue weighted by Crippen LogP contribution is -2.57. The predicted octanol–water partition coefficient (Wildman–Crippen LogP) is -1.61. The molecule has 1 aliphatic rings. The molecule has 8 radical (unpaired) electrons. The van der Waals surface area contributed by atoms with E-state index in [1.54, 1.807) is 0 Å². The third-order valence-electron chi connectivity index (χ3n) is 2.35. The van der Waals surface area contributed by atoms with Crippen molar-refractivity contribution in [3.05, 3.63) is 0 Å². The van der Waals surface area contributed by atoms with Gasteiger partial charge in [-0.25, -0.2) is 0 Å². The fraction of sp³-hybridized carbons (Fsp3) is 1.00. The van der Waals surface area contributed by atoms with Crippen molar-refractivity contribution in [3.8, 4) is 0 Å². The van der Waals surface area contributed by atoms with E-state index in [0.29, 0.717) is 12.8 Å². The molecule has 0 saturated carbocycles. The van der Waals surface area contributed by atoms with Gasteiger partial charge in [-0.05, 0) is 17.8 Å². The second-order valence-corrected chi connectivity index (χ2v) is 4.26. The number of hydrogen-bond donors (Lipinski definition) is 2. The minimum atomic E-state index is -1.13. The first-order valence-corrected chi connectivity index (χ1v) is 4.42. The molecule has 0 aliphatic carbocycles. The summed E-state index contributed by atoms with van der Waals surface area (Å²) in [5.41, 5.74) is 5.53. The van der Waals surface area contributed by atoms with E-state index in [2.05, 4.69) is 5.32 Å². The third kappa shape index (κ3) is 3.43. The molecule has 62 valence electrons. The average molecular weight is 167 g/mol. The van der Waals surface area contributed by atoms with Crippen LogP contribution in [-0.4, -0.2) is 50.4 Å². The SMILES string of the molecule is [B]C(N)CC1(CC([B])([B])[B])CNC1. The van der Waals surface area contributed by atoms with E-state index in [0.717, 1.165) is 13.1 Å². The summed E-state index contributed by atoms with van der Waals surface area (Å²) in [7, 11) is 22.2. The molecule has 13 heavy (non-hydrogen) atoms. The van der Waals surface area contributed by atoms with E-state index in [4.69, 9.17) is 37.1 Å². The molecule has 0 amide bonds. The Morgan fingerprint density at radius 1 is 1.38 bits per heavy atom. The molecule has 1 heterocycles. The van der Waals surface area contributed by atoms with Crippen LogP contribution >= 0.6 is 0 Å². The molecule has 1 fully saturated rings. The summed E-state index contributed by atoms with van der Waals surface area (Å²) >= 11 is 0. The lowest BCUT2D eigenvalue weighted by molar-refractivity contribution is 0.138. The molecule has 1 rings (SSSR count). The smallest absolute Gasteiger partial charge is 0.0903 e. The van der Waals surface area contributed by atoms with E-state index in [9.17, 15) is 0 Å². The molecular formula is C7H12B4N2. The van der Waals surface area contributed by atoms with Crippen LogP contribution in [0.2, 0.25) is 5.11 Å². The third-order valence-corrected chi connectivity index (χ3v) is 2.35. The van der Waals surface area contributed by atoms with E-state index >= 15 is 0 Å². The number of rotatable bonds is 4. The van der Waals surface area contributed by atoms with Crippen molar-refractivity contribution in [1.82, 2.24) is 5.32 Å². The van der Waals surface area contributed by atoms with Crippen LogP contribution in [-0.2, 0) is 0 Å². The van der Waals surface area contributed by atoms with Gasteiger partial charge in [0.1, 0.15) is 0 Å². The molecule has 1 aliphatic heterocycles. The topological polar surface area (TPSA) is 38.0 Å². The molecule has 0 spiro atoms. The van der Waals surface area contributed by atoms with Crippen LogP contribution < -0.4 is 11.1 Å². The Morgan fingerprint density at radius 2 is 1.92 bits per heavy atom. The van der Waals surface area contributed by atoms with Crippen molar-refractivity contribution in [2.75, 3.05) is 13.1 Å². The summed E-state index contributed by atoms with van der Waals surface area (Å²) in [5, 5.41) is 2.02. The summed E-state index contributed by atoms with van der Waals surface area (Å²) < 4.78 is 0. The Hall–Kier alpha value is 0.180. The van der Waals surface area contributed by atoms with Crippen LogP contribution in [0.15, 0.2) is 0 Å². The van der Waals surface area contributed by atoms with Crippen molar-refractivity contribution < 1.29 is 0 Å². The van der Waals surface area contributed by atoms with E-state index in [-0.39, 0.29) is 11.4 Å². The zero-order chi connectivity index (χ0) is 10.1. The van der Waals surface area contributed by atoms with Crippen molar-refractivity contribution in [3.63, 3.8) is 0 Å². The normalized spacial score (nSPS) is 23.5. The van der Waals surface area contributed by atoms with Crippen molar-refractivity contribution >= 4 is 31.4 Å². The maximum absolute atomic E-state index is 5.55. The van der Waals surface area contributed by atoms with Crippen LogP contribution in [0, 0.1) is 5.41 Å². The van der Waals surface area contributed by atoms with Gasteiger partial charge in [-0.15, -0.1) is 5.11 Å². The Morgan fingerprint density at radius 3 is 2.15 bits per heavy atom. The van der Waals surface area contributed by atoms with Gasteiger partial charge in [0.25, 0.3) is 0 Å². The lowest BCUT2D eigenvalue weighted by atomic mass is 9.38. The molecule has 0 aromatic rings. The highest BCUT2D eigenvalue weighted by molar-refractivity contribution is 6.58. The standard InChI is InChI=1S/C7H12B4N2/c8-5(12)1-6(3-13-4-6)2-7(9,10)11/h5,13H,1-4,12H2. The van der Waals surface area contributed by atoms with Crippen molar-refractivity contribution in [2.45, 2.75) is 23.9 Å². The second kappa shape index (κ2) is 3.74. The molecule has 1 saturated heterocycles. The fourth-order valence-electron chi connectivity index (χ4n) is 1.97. The highest BCUT2D eigenvalue weighted by Gasteiger charge is 2.39. The van der Waals surface area contributed by atoms with Gasteiger partial charge >= 0.3 is 0 Å². The number of hydrogen-bond acceptors (Lipinski definition) is 2. The summed E-state index contributed by atoms with van der Waals surface area (Å²) in [5.74, 6) is -0.329. The van der Waals surface area contributed by atoms with Gasteiger partial charge in [0.2, 0.25) is 0 Å². The Bertz CT molecular complexity index is 174. The van der Waals surface area contributed by atoms with Gasteiger partial charge in [-0.2, -0.15) is 0 Å². The van der Waals surface area contributed by atoms with Crippen molar-refractivity contribution in [1.29, 1.82) is 0 Å². The first-order valence-electron chi connectivity index (χ1n) is 4.42. The first kappa shape index (κ1) is 11.3. The fourth-order valence-corrected chi connectivity index (χ4v) is 1.97. The maximum Gasteiger partial charge on any atom is 0.0903 e. The number of nitrogens with one attached hydrogen (secondary N) is 1. The Kier molecular flexibility index (Phi) is 3.24. The average Bonchev–Trinajstić information content (AvgIpc) is 1.78. The van der Waals surface area contributed by atoms with Crippen LogP contribution in [0.25, 0.3) is 0 Å². The monoisotopic (exact) mass is 168 g/mol. The van der Waals surface area contributed by atoms with Crippen LogP contribution in [0.4, 0.5) is 0 Å². The molecule has 0 bridgehead atoms. The summed E-state index contributed by atoms with van der Waals surface area (Å²) in [6, 6.07) is 0. The van der Waals surface area contributed by atoms with Gasteiger partial charge in [0.05, 0.1) is 31.4 Å². The van der Waals surface area contributed by atoms with Gasteiger partial charge < -0.3 is 11.1 Å². The van der Waals surface area contributed by atoms with Crippen LogP contribution in [0.1, 0.15) is 12.8 Å². The minimum Gasteiger partial charge on any atom is -0.336 e. The molecule has 0 aromatic carbocycles. The van der Waals surface area contributed by atoms with Gasteiger partial charge in [0.15, 0.2) is 0 Å². The van der Waals surface area contributed by atoms with Crippen molar-refractivity contribution in [2.24, 2.45) is 11.1 Å². The summed E-state index contributed by atoms with van der Waals surface area (Å²) in [4.78, 5) is 0. The molecule has 6 heteroatoms. The molecule has 2 nitrogen and oxygen atoms in total. The highest BCUT2D eigenvalue weighted by Crippen LogP contribution is 2.39. The van der Waals surface area contributed by atoms with Gasteiger partial charge in [0, 0.05) is 13.1 Å². The molecular weight excluding hydrogens is 155 g/mol. The van der Waals surface area contributed by atoms with Gasteiger partial charge in [-0.1, -0.05) is 6.42 Å². The summed E-state index contributed by atoms with van der Waals surface area (Å²) in [6.45, 7) is 1.68. The van der Waals surface area contributed by atoms with E-state index in [1.165, 1.54) is 0 Å². The molecule has 1 atom stereocenters. The van der Waals surface area contributed by atoms with Gasteiger partial charge in [-0.3, -0.25) is 0 Å². The Balaban J connectivity index is 2.50. The maximum atomic E-state index is 5.55. The van der Waals surface area contributed by atoms with Crippen LogP contribution in [0.5, 0.6) is 0 Å². The first-order chi connectivity index (χ1) is 5.83. The zero-order valence-electron chi connectivity index (χ0n) is 7.79. The zero-order valence-corrected chi connectivity index (χ0v) is 7.79. The molecule has 1 unspecified atom stereocenters. The lowest BCUT2D eigenvalue weighted by Gasteiger charge is -2.48. The summed E-state index contributed by atoms with van der Waals surface area (Å²) in [6.07, 6.45) is 1.24. The van der Waals surface area contributed by atoms with E-state index in [1.807, 2.05) is 0 Å². The largest absolute Gasteiger partial charge is 0.336 e. The Labute approximate surface area is 85.4 Å². The quantitative estimate of drug-likeness (QED) is 0.495. The molecule has 0 aromatic heterocycles. The minimum absolute atomic E-state index is 0.00752. The second-order valence-electron chi connectivity index (χ2n) is 4.26. The number of nitrogens with two attached hydrogens (primary N) is 1. The predicted molar refractivity (Wildman–Crippen MR) is 58.2 cm³/mol. The van der Waals surface area contributed by atoms with E-state index < -0.39 is 5.11 Å².